The van der Waals surface area contributed by atoms with Crippen molar-refractivity contribution in [2.24, 2.45) is 0 Å². The maximum Gasteiger partial charge on any atom is 0.358 e. The second-order valence-electron chi connectivity index (χ2n) is 3.51. The van der Waals surface area contributed by atoms with E-state index in [1.807, 2.05) is 19.1 Å². The Balaban J connectivity index is 2.35. The van der Waals surface area contributed by atoms with Crippen LogP contribution in [0.3, 0.4) is 0 Å². The van der Waals surface area contributed by atoms with Gasteiger partial charge in [0.1, 0.15) is 0 Å². The molecular formula is C12H13N3O2. The van der Waals surface area contributed by atoms with Crippen molar-refractivity contribution in [2.75, 3.05) is 6.61 Å². The summed E-state index contributed by atoms with van der Waals surface area (Å²) in [4.78, 5) is 15.5. The van der Waals surface area contributed by atoms with E-state index in [2.05, 4.69) is 10.1 Å². The second-order valence-corrected chi connectivity index (χ2v) is 3.51. The highest BCUT2D eigenvalue weighted by molar-refractivity contribution is 5.87. The Bertz CT molecular complexity index is 520. The van der Waals surface area contributed by atoms with Gasteiger partial charge in [-0.25, -0.2) is 9.48 Å². The third-order valence-corrected chi connectivity index (χ3v) is 2.26. The monoisotopic (exact) mass is 231 g/mol. The van der Waals surface area contributed by atoms with Gasteiger partial charge in [0.2, 0.25) is 0 Å². The number of pyridine rings is 1. The van der Waals surface area contributed by atoms with Gasteiger partial charge in [0, 0.05) is 11.9 Å². The van der Waals surface area contributed by atoms with Crippen LogP contribution in [0.5, 0.6) is 0 Å². The first kappa shape index (κ1) is 11.3. The van der Waals surface area contributed by atoms with Crippen molar-refractivity contribution in [1.82, 2.24) is 14.8 Å². The van der Waals surface area contributed by atoms with Crippen LogP contribution >= 0.6 is 0 Å². The molecule has 5 nitrogen and oxygen atoms in total. The Labute approximate surface area is 99.1 Å². The van der Waals surface area contributed by atoms with E-state index in [0.717, 1.165) is 11.4 Å². The standard InChI is InChI=1S/C12H13N3O2/c1-3-17-12(16)11-7-9(2)15(14-11)10-5-4-6-13-8-10/h4-8H,3H2,1-2H3. The summed E-state index contributed by atoms with van der Waals surface area (Å²) < 4.78 is 6.57. The van der Waals surface area contributed by atoms with Gasteiger partial charge in [0.05, 0.1) is 18.5 Å². The number of hydrogen-bond donors (Lipinski definition) is 0. The van der Waals surface area contributed by atoms with Gasteiger partial charge in [0.15, 0.2) is 5.69 Å². The summed E-state index contributed by atoms with van der Waals surface area (Å²) in [6, 6.07) is 5.40. The fourth-order valence-electron chi connectivity index (χ4n) is 1.52. The SMILES string of the molecule is CCOC(=O)c1cc(C)n(-c2cccnc2)n1. The highest BCUT2D eigenvalue weighted by Gasteiger charge is 2.13. The first-order valence-corrected chi connectivity index (χ1v) is 5.36. The summed E-state index contributed by atoms with van der Waals surface area (Å²) in [6.45, 7) is 3.99. The summed E-state index contributed by atoms with van der Waals surface area (Å²) in [6.07, 6.45) is 3.38. The van der Waals surface area contributed by atoms with E-state index < -0.39 is 5.97 Å². The van der Waals surface area contributed by atoms with Gasteiger partial charge in [-0.05, 0) is 32.0 Å². The van der Waals surface area contributed by atoms with E-state index >= 15 is 0 Å². The van der Waals surface area contributed by atoms with Gasteiger partial charge in [-0.2, -0.15) is 5.10 Å². The summed E-state index contributed by atoms with van der Waals surface area (Å²) in [7, 11) is 0. The van der Waals surface area contributed by atoms with Gasteiger partial charge in [-0.3, -0.25) is 4.98 Å². The van der Waals surface area contributed by atoms with Gasteiger partial charge in [0.25, 0.3) is 0 Å². The average Bonchev–Trinajstić information content (AvgIpc) is 2.73. The molecule has 88 valence electrons. The van der Waals surface area contributed by atoms with Crippen LogP contribution in [0, 0.1) is 6.92 Å². The van der Waals surface area contributed by atoms with Crippen molar-refractivity contribution in [2.45, 2.75) is 13.8 Å². The summed E-state index contributed by atoms with van der Waals surface area (Å²) in [5.74, 6) is -0.404. The number of aromatic nitrogens is 3. The average molecular weight is 231 g/mol. The van der Waals surface area contributed by atoms with Crippen LogP contribution in [0.25, 0.3) is 5.69 Å². The van der Waals surface area contributed by atoms with Gasteiger partial charge in [-0.15, -0.1) is 0 Å². The van der Waals surface area contributed by atoms with Crippen LogP contribution in [0.4, 0.5) is 0 Å². The largest absolute Gasteiger partial charge is 0.461 e. The van der Waals surface area contributed by atoms with Crippen LogP contribution in [-0.2, 0) is 4.74 Å². The number of carbonyl (C=O) groups excluding carboxylic acids is 1. The molecule has 0 radical (unpaired) electrons. The lowest BCUT2D eigenvalue weighted by Crippen LogP contribution is -2.06. The molecule has 0 saturated carbocycles. The number of hydrogen-bond acceptors (Lipinski definition) is 4. The van der Waals surface area contributed by atoms with Gasteiger partial charge >= 0.3 is 5.97 Å². The molecule has 2 aromatic heterocycles. The van der Waals surface area contributed by atoms with E-state index in [1.165, 1.54) is 0 Å². The van der Waals surface area contributed by atoms with Crippen molar-refractivity contribution < 1.29 is 9.53 Å². The lowest BCUT2D eigenvalue weighted by Gasteiger charge is -2.02. The summed E-state index contributed by atoms with van der Waals surface area (Å²) >= 11 is 0. The fraction of sp³-hybridized carbons (Fsp3) is 0.250. The molecular weight excluding hydrogens is 218 g/mol. The van der Waals surface area contributed by atoms with Crippen LogP contribution in [-0.4, -0.2) is 27.3 Å². The molecule has 2 rings (SSSR count). The first-order chi connectivity index (χ1) is 8.22. The predicted octanol–water partition coefficient (Wildman–Crippen LogP) is 1.75. The van der Waals surface area contributed by atoms with Gasteiger partial charge in [-0.1, -0.05) is 0 Å². The van der Waals surface area contributed by atoms with Crippen LogP contribution in [0.2, 0.25) is 0 Å². The topological polar surface area (TPSA) is 57.0 Å². The molecule has 0 atom stereocenters. The number of rotatable bonds is 3. The quantitative estimate of drug-likeness (QED) is 0.755. The number of nitrogens with zero attached hydrogens (tertiary/aromatic N) is 3. The van der Waals surface area contributed by atoms with E-state index in [9.17, 15) is 4.79 Å². The zero-order chi connectivity index (χ0) is 12.3. The highest BCUT2D eigenvalue weighted by Crippen LogP contribution is 2.11. The number of ether oxygens (including phenoxy) is 1. The molecule has 0 aliphatic heterocycles. The van der Waals surface area contributed by atoms with Crippen molar-refractivity contribution in [3.63, 3.8) is 0 Å². The molecule has 0 unspecified atom stereocenters. The zero-order valence-electron chi connectivity index (χ0n) is 9.75. The van der Waals surface area contributed by atoms with E-state index in [1.54, 1.807) is 30.1 Å². The van der Waals surface area contributed by atoms with E-state index in [0.29, 0.717) is 12.3 Å². The Morgan fingerprint density at radius 3 is 3.00 bits per heavy atom. The van der Waals surface area contributed by atoms with Crippen molar-refractivity contribution in [1.29, 1.82) is 0 Å². The molecule has 5 heteroatoms. The minimum absolute atomic E-state index is 0.313. The lowest BCUT2D eigenvalue weighted by molar-refractivity contribution is 0.0519. The molecule has 0 aliphatic carbocycles. The van der Waals surface area contributed by atoms with Crippen molar-refractivity contribution in [3.05, 3.63) is 42.0 Å². The molecule has 0 amide bonds. The summed E-state index contributed by atoms with van der Waals surface area (Å²) in [5, 5.41) is 4.20. The second kappa shape index (κ2) is 4.78. The fourth-order valence-corrected chi connectivity index (χ4v) is 1.52. The molecule has 0 N–H and O–H groups in total. The molecule has 0 aliphatic rings. The number of aryl methyl sites for hydroxylation is 1. The Kier molecular flexibility index (Phi) is 3.18. The smallest absolute Gasteiger partial charge is 0.358 e. The molecule has 0 saturated heterocycles. The maximum atomic E-state index is 11.5. The molecule has 2 heterocycles. The predicted molar refractivity (Wildman–Crippen MR) is 62.1 cm³/mol. The Morgan fingerprint density at radius 2 is 2.35 bits per heavy atom. The van der Waals surface area contributed by atoms with Crippen molar-refractivity contribution >= 4 is 5.97 Å². The minimum Gasteiger partial charge on any atom is -0.461 e. The van der Waals surface area contributed by atoms with Crippen LogP contribution in [0.1, 0.15) is 23.1 Å². The molecule has 17 heavy (non-hydrogen) atoms. The Morgan fingerprint density at radius 1 is 1.53 bits per heavy atom. The zero-order valence-corrected chi connectivity index (χ0v) is 9.75. The van der Waals surface area contributed by atoms with E-state index in [-0.39, 0.29) is 0 Å². The minimum atomic E-state index is -0.404. The van der Waals surface area contributed by atoms with Crippen LogP contribution in [0.15, 0.2) is 30.6 Å². The third kappa shape index (κ3) is 2.33. The highest BCUT2D eigenvalue weighted by atomic mass is 16.5. The van der Waals surface area contributed by atoms with Gasteiger partial charge < -0.3 is 4.74 Å². The number of esters is 1. The maximum absolute atomic E-state index is 11.5. The first-order valence-electron chi connectivity index (χ1n) is 5.36. The molecule has 0 spiro atoms. The lowest BCUT2D eigenvalue weighted by atomic mass is 10.3. The van der Waals surface area contributed by atoms with Crippen LogP contribution < -0.4 is 0 Å². The molecule has 0 aromatic carbocycles. The van der Waals surface area contributed by atoms with E-state index in [4.69, 9.17) is 4.74 Å². The van der Waals surface area contributed by atoms with Crippen molar-refractivity contribution in [3.8, 4) is 5.69 Å². The molecule has 0 fully saturated rings. The third-order valence-electron chi connectivity index (χ3n) is 2.26. The summed E-state index contributed by atoms with van der Waals surface area (Å²) in [5.41, 5.74) is 2.00. The number of carbonyl (C=O) groups is 1. The normalized spacial score (nSPS) is 10.2. The Hall–Kier alpha value is -2.17. The molecule has 0 bridgehead atoms. The molecule has 2 aromatic rings.